The molecule has 0 saturated heterocycles. The lowest BCUT2D eigenvalue weighted by molar-refractivity contribution is 0.0555. The summed E-state index contributed by atoms with van der Waals surface area (Å²) in [6, 6.07) is 15.9. The van der Waals surface area contributed by atoms with E-state index >= 15 is 0 Å². The first-order chi connectivity index (χ1) is 16.4. The van der Waals surface area contributed by atoms with Crippen LogP contribution in [-0.4, -0.2) is 47.5 Å². The topological polar surface area (TPSA) is 104 Å². The second-order valence-corrected chi connectivity index (χ2v) is 6.96. The molecule has 0 amide bonds. The number of nitrogens with one attached hydrogen (secondary N) is 2. The Balaban J connectivity index is 2.17. The van der Waals surface area contributed by atoms with Crippen molar-refractivity contribution in [2.45, 2.75) is 0 Å². The molecule has 0 aliphatic rings. The smallest absolute Gasteiger partial charge is 0.338 e. The zero-order valence-corrected chi connectivity index (χ0v) is 19.6. The van der Waals surface area contributed by atoms with Crippen LogP contribution in [0.3, 0.4) is 0 Å². The molecule has 178 valence electrons. The van der Waals surface area contributed by atoms with E-state index in [1.165, 1.54) is 47.7 Å². The molecular formula is C25H26N2O7. The predicted octanol–water partition coefficient (Wildman–Crippen LogP) is 4.77. The van der Waals surface area contributed by atoms with Gasteiger partial charge < -0.3 is 34.3 Å². The Labute approximate surface area is 197 Å². The third-order valence-corrected chi connectivity index (χ3v) is 4.96. The van der Waals surface area contributed by atoms with E-state index in [1.807, 2.05) is 30.3 Å². The first-order valence-corrected chi connectivity index (χ1v) is 10.2. The Morgan fingerprint density at radius 1 is 0.618 bits per heavy atom. The van der Waals surface area contributed by atoms with Gasteiger partial charge in [0.05, 0.1) is 58.1 Å². The van der Waals surface area contributed by atoms with E-state index < -0.39 is 11.9 Å². The molecule has 34 heavy (non-hydrogen) atoms. The van der Waals surface area contributed by atoms with Crippen LogP contribution in [0.5, 0.6) is 17.2 Å². The summed E-state index contributed by atoms with van der Waals surface area (Å²) in [7, 11) is 7.04. The fourth-order valence-electron chi connectivity index (χ4n) is 3.35. The van der Waals surface area contributed by atoms with Crippen molar-refractivity contribution in [3.05, 3.63) is 65.7 Å². The molecule has 9 heteroatoms. The van der Waals surface area contributed by atoms with Gasteiger partial charge in [-0.15, -0.1) is 0 Å². The molecule has 0 atom stereocenters. The summed E-state index contributed by atoms with van der Waals surface area (Å²) in [5, 5.41) is 6.53. The first kappa shape index (κ1) is 24.2. The highest BCUT2D eigenvalue weighted by Crippen LogP contribution is 2.42. The van der Waals surface area contributed by atoms with E-state index in [-0.39, 0.29) is 11.1 Å². The Bertz CT molecular complexity index is 1150. The second-order valence-electron chi connectivity index (χ2n) is 6.96. The van der Waals surface area contributed by atoms with Gasteiger partial charge in [-0.2, -0.15) is 0 Å². The lowest BCUT2D eigenvalue weighted by Gasteiger charge is -2.19. The van der Waals surface area contributed by atoms with E-state index in [9.17, 15) is 9.59 Å². The molecule has 0 heterocycles. The minimum atomic E-state index is -0.681. The number of carbonyl (C=O) groups is 2. The van der Waals surface area contributed by atoms with E-state index in [0.717, 1.165) is 5.69 Å². The van der Waals surface area contributed by atoms with Gasteiger partial charge >= 0.3 is 11.9 Å². The summed E-state index contributed by atoms with van der Waals surface area (Å²) in [5.41, 5.74) is 2.48. The van der Waals surface area contributed by atoms with Gasteiger partial charge in [0.25, 0.3) is 0 Å². The number of methoxy groups -OCH3 is 5. The third-order valence-electron chi connectivity index (χ3n) is 4.96. The van der Waals surface area contributed by atoms with Crippen molar-refractivity contribution in [2.24, 2.45) is 0 Å². The molecule has 3 aromatic rings. The van der Waals surface area contributed by atoms with E-state index in [0.29, 0.717) is 34.3 Å². The molecule has 3 rings (SSSR count). The summed E-state index contributed by atoms with van der Waals surface area (Å²) < 4.78 is 26.0. The van der Waals surface area contributed by atoms with Crippen LogP contribution in [0.25, 0.3) is 0 Å². The normalized spacial score (nSPS) is 10.1. The molecule has 0 fully saturated rings. The maximum atomic E-state index is 12.5. The van der Waals surface area contributed by atoms with Crippen molar-refractivity contribution < 1.29 is 33.3 Å². The maximum Gasteiger partial charge on any atom is 0.338 e. The first-order valence-electron chi connectivity index (χ1n) is 10.2. The van der Waals surface area contributed by atoms with Crippen molar-refractivity contribution in [1.82, 2.24) is 0 Å². The van der Waals surface area contributed by atoms with Crippen LogP contribution in [0.4, 0.5) is 22.7 Å². The van der Waals surface area contributed by atoms with E-state index in [1.54, 1.807) is 12.1 Å². The molecule has 0 saturated carbocycles. The number of benzene rings is 3. The molecule has 0 aliphatic carbocycles. The Kier molecular flexibility index (Phi) is 7.81. The summed E-state index contributed by atoms with van der Waals surface area (Å²) in [6.07, 6.45) is 0. The maximum absolute atomic E-state index is 12.5. The molecule has 3 aromatic carbocycles. The minimum absolute atomic E-state index is 0.0444. The Morgan fingerprint density at radius 3 is 1.50 bits per heavy atom. The zero-order valence-electron chi connectivity index (χ0n) is 19.6. The Hall–Kier alpha value is -4.40. The van der Waals surface area contributed by atoms with E-state index in [2.05, 4.69) is 10.6 Å². The highest BCUT2D eigenvalue weighted by Gasteiger charge is 2.23. The van der Waals surface area contributed by atoms with E-state index in [4.69, 9.17) is 23.7 Å². The fraction of sp³-hybridized carbons (Fsp3) is 0.200. The molecule has 0 radical (unpaired) electrons. The number of anilines is 4. The summed E-state index contributed by atoms with van der Waals surface area (Å²) in [4.78, 5) is 24.9. The molecule has 0 spiro atoms. The molecule has 0 unspecified atom stereocenters. The lowest BCUT2D eigenvalue weighted by Crippen LogP contribution is -2.13. The molecule has 0 aromatic heterocycles. The second kappa shape index (κ2) is 11.0. The van der Waals surface area contributed by atoms with Crippen molar-refractivity contribution in [3.63, 3.8) is 0 Å². The van der Waals surface area contributed by atoms with Crippen LogP contribution in [0.15, 0.2) is 54.6 Å². The largest absolute Gasteiger partial charge is 0.493 e. The predicted molar refractivity (Wildman–Crippen MR) is 128 cm³/mol. The van der Waals surface area contributed by atoms with Crippen LogP contribution < -0.4 is 24.8 Å². The van der Waals surface area contributed by atoms with Crippen molar-refractivity contribution in [1.29, 1.82) is 0 Å². The highest BCUT2D eigenvalue weighted by atomic mass is 16.5. The van der Waals surface area contributed by atoms with Gasteiger partial charge in [0.1, 0.15) is 0 Å². The monoisotopic (exact) mass is 466 g/mol. The number of carbonyl (C=O) groups excluding carboxylic acids is 2. The Morgan fingerprint density at radius 2 is 1.09 bits per heavy atom. The average molecular weight is 466 g/mol. The third kappa shape index (κ3) is 5.15. The van der Waals surface area contributed by atoms with Crippen molar-refractivity contribution in [2.75, 3.05) is 46.2 Å². The lowest BCUT2D eigenvalue weighted by atomic mass is 10.0. The van der Waals surface area contributed by atoms with Gasteiger partial charge in [-0.05, 0) is 24.3 Å². The van der Waals surface area contributed by atoms with Crippen LogP contribution in [-0.2, 0) is 9.47 Å². The van der Waals surface area contributed by atoms with Gasteiger partial charge in [0, 0.05) is 23.5 Å². The SMILES string of the molecule is COC(=O)c1cc(Nc2ccccc2)c(Nc2cc(OC)c(OC)c(OC)c2)cc1C(=O)OC. The standard InChI is InChI=1S/C25H26N2O7/c1-30-21-11-16(12-22(31-2)23(21)32-3)27-20-14-18(25(29)34-5)17(24(28)33-4)13-19(20)26-15-9-7-6-8-10-15/h6-14,26-27H,1-5H3. The van der Waals surface area contributed by atoms with Gasteiger partial charge in [0.15, 0.2) is 11.5 Å². The summed E-state index contributed by atoms with van der Waals surface area (Å²) in [6.45, 7) is 0. The number of rotatable bonds is 9. The van der Waals surface area contributed by atoms with Crippen LogP contribution in [0.1, 0.15) is 20.7 Å². The molecule has 0 bridgehead atoms. The molecular weight excluding hydrogens is 440 g/mol. The quantitative estimate of drug-likeness (QED) is 0.431. The van der Waals surface area contributed by atoms with Gasteiger partial charge in [-0.25, -0.2) is 9.59 Å². The van der Waals surface area contributed by atoms with Crippen molar-refractivity contribution >= 4 is 34.7 Å². The van der Waals surface area contributed by atoms with Gasteiger partial charge in [0.2, 0.25) is 5.75 Å². The van der Waals surface area contributed by atoms with Crippen LogP contribution >= 0.6 is 0 Å². The van der Waals surface area contributed by atoms with Gasteiger partial charge in [-0.3, -0.25) is 0 Å². The zero-order chi connectivity index (χ0) is 24.7. The number of hydrogen-bond donors (Lipinski definition) is 2. The number of esters is 2. The summed E-state index contributed by atoms with van der Waals surface area (Å²) >= 11 is 0. The van der Waals surface area contributed by atoms with Crippen molar-refractivity contribution in [3.8, 4) is 17.2 Å². The molecule has 2 N–H and O–H groups in total. The number of ether oxygens (including phenoxy) is 5. The number of para-hydroxylation sites is 1. The van der Waals surface area contributed by atoms with Crippen LogP contribution in [0, 0.1) is 0 Å². The molecule has 0 aliphatic heterocycles. The molecule has 9 nitrogen and oxygen atoms in total. The van der Waals surface area contributed by atoms with Crippen LogP contribution in [0.2, 0.25) is 0 Å². The van der Waals surface area contributed by atoms with Gasteiger partial charge in [-0.1, -0.05) is 18.2 Å². The number of hydrogen-bond acceptors (Lipinski definition) is 9. The minimum Gasteiger partial charge on any atom is -0.493 e. The average Bonchev–Trinajstić information content (AvgIpc) is 2.88. The fourth-order valence-corrected chi connectivity index (χ4v) is 3.35. The highest BCUT2D eigenvalue weighted by molar-refractivity contribution is 6.06. The summed E-state index contributed by atoms with van der Waals surface area (Å²) in [5.74, 6) is -0.0208.